The van der Waals surface area contributed by atoms with Crippen LogP contribution in [0.5, 0.6) is 0 Å². The summed E-state index contributed by atoms with van der Waals surface area (Å²) < 4.78 is 10.8. The summed E-state index contributed by atoms with van der Waals surface area (Å²) >= 11 is 5.82. The van der Waals surface area contributed by atoms with E-state index < -0.39 is 0 Å². The largest absolute Gasteiger partial charge is 0.462 e. The molecule has 112 valence electrons. The highest BCUT2D eigenvalue weighted by atomic mass is 35.5. The summed E-state index contributed by atoms with van der Waals surface area (Å²) in [6, 6.07) is 9.08. The van der Waals surface area contributed by atoms with Gasteiger partial charge in [-0.25, -0.2) is 4.79 Å². The number of esters is 1. The molecule has 22 heavy (non-hydrogen) atoms. The third kappa shape index (κ3) is 2.70. The van der Waals surface area contributed by atoms with Crippen LogP contribution in [-0.2, 0) is 10.6 Å². The van der Waals surface area contributed by atoms with Crippen LogP contribution >= 0.6 is 11.6 Å². The van der Waals surface area contributed by atoms with Gasteiger partial charge in [0.1, 0.15) is 11.3 Å². The summed E-state index contributed by atoms with van der Waals surface area (Å²) in [6.07, 6.45) is 3.45. The molecule has 0 spiro atoms. The van der Waals surface area contributed by atoms with Crippen molar-refractivity contribution >= 4 is 28.5 Å². The molecule has 2 heterocycles. The van der Waals surface area contributed by atoms with Gasteiger partial charge in [0.05, 0.1) is 18.1 Å². The fourth-order valence-corrected chi connectivity index (χ4v) is 2.45. The second-order valence-electron chi connectivity index (χ2n) is 4.75. The smallest absolute Gasteiger partial charge is 0.338 e. The van der Waals surface area contributed by atoms with E-state index in [1.807, 2.05) is 18.2 Å². The molecule has 0 amide bonds. The van der Waals surface area contributed by atoms with Gasteiger partial charge in [-0.2, -0.15) is 0 Å². The standard InChI is InChI=1S/C17H14ClNO3/c1-2-21-17(20)12-5-3-4-11(6-12)15-10-19-9-13-7-14(8-18)22-16(13)15/h3-7,9-10H,2,8H2,1H3. The number of hydrogen-bond acceptors (Lipinski definition) is 4. The van der Waals surface area contributed by atoms with Crippen molar-refractivity contribution in [3.8, 4) is 11.1 Å². The quantitative estimate of drug-likeness (QED) is 0.528. The highest BCUT2D eigenvalue weighted by molar-refractivity contribution is 6.17. The van der Waals surface area contributed by atoms with Crippen molar-refractivity contribution in [2.24, 2.45) is 0 Å². The number of furan rings is 1. The molecule has 0 unspecified atom stereocenters. The molecule has 0 bridgehead atoms. The molecule has 0 saturated heterocycles. The first-order chi connectivity index (χ1) is 10.7. The van der Waals surface area contributed by atoms with Gasteiger partial charge in [0, 0.05) is 23.3 Å². The zero-order chi connectivity index (χ0) is 15.5. The maximum Gasteiger partial charge on any atom is 0.338 e. The number of carbonyl (C=O) groups excluding carboxylic acids is 1. The number of alkyl halides is 1. The first-order valence-corrected chi connectivity index (χ1v) is 7.46. The van der Waals surface area contributed by atoms with E-state index in [2.05, 4.69) is 4.98 Å². The van der Waals surface area contributed by atoms with E-state index in [4.69, 9.17) is 20.8 Å². The van der Waals surface area contributed by atoms with Gasteiger partial charge in [-0.05, 0) is 30.7 Å². The Morgan fingerprint density at radius 1 is 1.32 bits per heavy atom. The molecule has 0 saturated carbocycles. The minimum atomic E-state index is -0.342. The van der Waals surface area contributed by atoms with Crippen LogP contribution < -0.4 is 0 Å². The molecule has 4 nitrogen and oxygen atoms in total. The van der Waals surface area contributed by atoms with Crippen LogP contribution in [0.3, 0.4) is 0 Å². The summed E-state index contributed by atoms with van der Waals surface area (Å²) in [6.45, 7) is 2.13. The van der Waals surface area contributed by atoms with Gasteiger partial charge in [-0.1, -0.05) is 12.1 Å². The molecule has 0 fully saturated rings. The van der Waals surface area contributed by atoms with Crippen molar-refractivity contribution in [3.63, 3.8) is 0 Å². The summed E-state index contributed by atoms with van der Waals surface area (Å²) in [5, 5.41) is 0.884. The summed E-state index contributed by atoms with van der Waals surface area (Å²) in [5.74, 6) is 0.648. The van der Waals surface area contributed by atoms with Crippen LogP contribution in [-0.4, -0.2) is 17.6 Å². The van der Waals surface area contributed by atoms with E-state index in [9.17, 15) is 4.79 Å². The summed E-state index contributed by atoms with van der Waals surface area (Å²) in [7, 11) is 0. The van der Waals surface area contributed by atoms with E-state index in [0.29, 0.717) is 29.4 Å². The zero-order valence-corrected chi connectivity index (χ0v) is 12.8. The molecule has 0 aliphatic heterocycles. The molecule has 2 aromatic heterocycles. The van der Waals surface area contributed by atoms with E-state index >= 15 is 0 Å². The van der Waals surface area contributed by atoms with Gasteiger partial charge in [-0.3, -0.25) is 4.98 Å². The predicted octanol–water partition coefficient (Wildman–Crippen LogP) is 4.41. The lowest BCUT2D eigenvalue weighted by molar-refractivity contribution is 0.0526. The molecule has 0 N–H and O–H groups in total. The minimum absolute atomic E-state index is 0.303. The number of hydrogen-bond donors (Lipinski definition) is 0. The number of carbonyl (C=O) groups is 1. The van der Waals surface area contributed by atoms with E-state index in [1.54, 1.807) is 31.5 Å². The summed E-state index contributed by atoms with van der Waals surface area (Å²) in [5.41, 5.74) is 2.88. The molecule has 0 atom stereocenters. The predicted molar refractivity (Wildman–Crippen MR) is 85.0 cm³/mol. The minimum Gasteiger partial charge on any atom is -0.462 e. The zero-order valence-electron chi connectivity index (χ0n) is 12.0. The Labute approximate surface area is 132 Å². The molecule has 3 rings (SSSR count). The lowest BCUT2D eigenvalue weighted by atomic mass is 10.0. The number of rotatable bonds is 4. The van der Waals surface area contributed by atoms with E-state index in [1.165, 1.54) is 0 Å². The average molecular weight is 316 g/mol. The molecular weight excluding hydrogens is 302 g/mol. The topological polar surface area (TPSA) is 52.3 Å². The van der Waals surface area contributed by atoms with Crippen LogP contribution in [0.1, 0.15) is 23.0 Å². The Morgan fingerprint density at radius 3 is 2.95 bits per heavy atom. The third-order valence-corrected chi connectivity index (χ3v) is 3.55. The van der Waals surface area contributed by atoms with Crippen LogP contribution in [0.4, 0.5) is 0 Å². The maximum atomic E-state index is 11.9. The lowest BCUT2D eigenvalue weighted by Gasteiger charge is -2.05. The van der Waals surface area contributed by atoms with Crippen molar-refractivity contribution in [2.75, 3.05) is 6.61 Å². The van der Waals surface area contributed by atoms with Crippen molar-refractivity contribution in [1.82, 2.24) is 4.98 Å². The molecule has 1 aromatic carbocycles. The number of ether oxygens (including phenoxy) is 1. The number of fused-ring (bicyclic) bond motifs is 1. The van der Waals surface area contributed by atoms with Gasteiger partial charge in [0.2, 0.25) is 0 Å². The van der Waals surface area contributed by atoms with Crippen LogP contribution in [0.25, 0.3) is 22.1 Å². The molecule has 3 aromatic rings. The molecule has 5 heteroatoms. The maximum absolute atomic E-state index is 11.9. The Hall–Kier alpha value is -2.33. The Morgan fingerprint density at radius 2 is 2.18 bits per heavy atom. The monoisotopic (exact) mass is 315 g/mol. The van der Waals surface area contributed by atoms with Gasteiger partial charge in [0.15, 0.2) is 0 Å². The van der Waals surface area contributed by atoms with E-state index in [-0.39, 0.29) is 5.97 Å². The fraction of sp³-hybridized carbons (Fsp3) is 0.176. The first kappa shape index (κ1) is 14.6. The SMILES string of the molecule is CCOC(=O)c1cccc(-c2cncc3cc(CCl)oc23)c1. The first-order valence-electron chi connectivity index (χ1n) is 6.93. The Kier molecular flexibility index (Phi) is 4.11. The second kappa shape index (κ2) is 6.20. The van der Waals surface area contributed by atoms with Gasteiger partial charge in [-0.15, -0.1) is 11.6 Å². The van der Waals surface area contributed by atoms with E-state index in [0.717, 1.165) is 16.5 Å². The van der Waals surface area contributed by atoms with Gasteiger partial charge < -0.3 is 9.15 Å². The second-order valence-corrected chi connectivity index (χ2v) is 5.02. The molecule has 0 aliphatic rings. The van der Waals surface area contributed by atoms with Crippen molar-refractivity contribution in [1.29, 1.82) is 0 Å². The Bertz CT molecular complexity index is 826. The third-order valence-electron chi connectivity index (χ3n) is 3.29. The highest BCUT2D eigenvalue weighted by Crippen LogP contribution is 2.31. The number of halogens is 1. The van der Waals surface area contributed by atoms with Crippen molar-refractivity contribution in [3.05, 3.63) is 54.0 Å². The normalized spacial score (nSPS) is 10.8. The van der Waals surface area contributed by atoms with Crippen LogP contribution in [0.2, 0.25) is 0 Å². The van der Waals surface area contributed by atoms with Gasteiger partial charge in [0.25, 0.3) is 0 Å². The lowest BCUT2D eigenvalue weighted by Crippen LogP contribution is -2.04. The highest BCUT2D eigenvalue weighted by Gasteiger charge is 2.13. The van der Waals surface area contributed by atoms with Crippen LogP contribution in [0, 0.1) is 0 Å². The van der Waals surface area contributed by atoms with Gasteiger partial charge >= 0.3 is 5.97 Å². The number of pyridine rings is 1. The molecule has 0 radical (unpaired) electrons. The fourth-order valence-electron chi connectivity index (χ4n) is 2.32. The number of aromatic nitrogens is 1. The summed E-state index contributed by atoms with van der Waals surface area (Å²) in [4.78, 5) is 16.1. The van der Waals surface area contributed by atoms with Crippen LogP contribution in [0.15, 0.2) is 47.1 Å². The molecule has 0 aliphatic carbocycles. The average Bonchev–Trinajstić information content (AvgIpc) is 2.98. The number of benzene rings is 1. The van der Waals surface area contributed by atoms with Crippen molar-refractivity contribution < 1.29 is 13.9 Å². The molecular formula is C17H14ClNO3. The Balaban J connectivity index is 2.09. The number of nitrogens with zero attached hydrogens (tertiary/aromatic N) is 1. The van der Waals surface area contributed by atoms with Crippen molar-refractivity contribution in [2.45, 2.75) is 12.8 Å².